The molecule has 0 bridgehead atoms. The Morgan fingerprint density at radius 1 is 1.21 bits per heavy atom. The van der Waals surface area contributed by atoms with Crippen molar-refractivity contribution < 1.29 is 9.21 Å². The van der Waals surface area contributed by atoms with Gasteiger partial charge >= 0.3 is 0 Å². The summed E-state index contributed by atoms with van der Waals surface area (Å²) in [6.07, 6.45) is 3.46. The van der Waals surface area contributed by atoms with Crippen LogP contribution >= 0.6 is 0 Å². The SMILES string of the molecule is Cc1cc(N(C)C2CCN(C(=O)c3cc(C)oc3C)CC2)ncn1. The van der Waals surface area contributed by atoms with E-state index in [1.54, 1.807) is 6.33 Å². The smallest absolute Gasteiger partial charge is 0.257 e. The predicted octanol–water partition coefficient (Wildman–Crippen LogP) is 2.74. The molecule has 1 fully saturated rings. The second-order valence-corrected chi connectivity index (χ2v) is 6.48. The molecule has 128 valence electrons. The summed E-state index contributed by atoms with van der Waals surface area (Å²) in [6.45, 7) is 7.19. The third kappa shape index (κ3) is 3.27. The van der Waals surface area contributed by atoms with Crippen LogP contribution < -0.4 is 4.90 Å². The minimum Gasteiger partial charge on any atom is -0.466 e. The lowest BCUT2D eigenvalue weighted by Gasteiger charge is -2.37. The van der Waals surface area contributed by atoms with Crippen LogP contribution in [0.25, 0.3) is 0 Å². The van der Waals surface area contributed by atoms with Crippen LogP contribution in [0.3, 0.4) is 0 Å². The number of hydrogen-bond donors (Lipinski definition) is 0. The number of aryl methyl sites for hydroxylation is 3. The van der Waals surface area contributed by atoms with Crippen molar-refractivity contribution in [2.45, 2.75) is 39.7 Å². The molecule has 0 radical (unpaired) electrons. The summed E-state index contributed by atoms with van der Waals surface area (Å²) in [5.41, 5.74) is 1.65. The Morgan fingerprint density at radius 2 is 1.92 bits per heavy atom. The summed E-state index contributed by atoms with van der Waals surface area (Å²) in [6, 6.07) is 4.21. The first kappa shape index (κ1) is 16.5. The van der Waals surface area contributed by atoms with Gasteiger partial charge in [-0.1, -0.05) is 0 Å². The molecule has 2 aromatic rings. The van der Waals surface area contributed by atoms with Crippen molar-refractivity contribution in [3.8, 4) is 0 Å². The summed E-state index contributed by atoms with van der Waals surface area (Å²) in [5.74, 6) is 2.50. The molecule has 0 aliphatic carbocycles. The van der Waals surface area contributed by atoms with Gasteiger partial charge in [-0.15, -0.1) is 0 Å². The van der Waals surface area contributed by atoms with Crippen molar-refractivity contribution in [3.63, 3.8) is 0 Å². The van der Waals surface area contributed by atoms with E-state index in [1.807, 2.05) is 37.8 Å². The van der Waals surface area contributed by atoms with Crippen molar-refractivity contribution in [1.82, 2.24) is 14.9 Å². The number of anilines is 1. The highest BCUT2D eigenvalue weighted by atomic mass is 16.3. The fraction of sp³-hybridized carbons (Fsp3) is 0.500. The molecule has 6 heteroatoms. The van der Waals surface area contributed by atoms with Crippen LogP contribution in [0.5, 0.6) is 0 Å². The van der Waals surface area contributed by atoms with Crippen LogP contribution in [0, 0.1) is 20.8 Å². The molecule has 3 heterocycles. The number of likely N-dealkylation sites (tertiary alicyclic amines) is 1. The van der Waals surface area contributed by atoms with Gasteiger partial charge in [0, 0.05) is 37.9 Å². The van der Waals surface area contributed by atoms with E-state index in [-0.39, 0.29) is 5.91 Å². The molecule has 1 aliphatic rings. The standard InChI is InChI=1S/C18H24N4O2/c1-12-9-17(20-11-19-12)21(4)15-5-7-22(8-6-15)18(23)16-10-13(2)24-14(16)3/h9-11,15H,5-8H2,1-4H3. The third-order valence-electron chi connectivity index (χ3n) is 4.72. The van der Waals surface area contributed by atoms with Crippen LogP contribution in [0.1, 0.15) is 40.4 Å². The lowest BCUT2D eigenvalue weighted by molar-refractivity contribution is 0.0711. The summed E-state index contributed by atoms with van der Waals surface area (Å²) >= 11 is 0. The van der Waals surface area contributed by atoms with E-state index >= 15 is 0 Å². The van der Waals surface area contributed by atoms with Crippen molar-refractivity contribution in [1.29, 1.82) is 0 Å². The Kier molecular flexibility index (Phi) is 4.55. The van der Waals surface area contributed by atoms with Gasteiger partial charge in [-0.2, -0.15) is 0 Å². The molecule has 1 aliphatic heterocycles. The van der Waals surface area contributed by atoms with E-state index in [4.69, 9.17) is 4.42 Å². The number of rotatable bonds is 3. The van der Waals surface area contributed by atoms with E-state index in [0.29, 0.717) is 17.4 Å². The van der Waals surface area contributed by atoms with Gasteiger partial charge in [0.05, 0.1) is 5.56 Å². The Labute approximate surface area is 142 Å². The van der Waals surface area contributed by atoms with E-state index in [9.17, 15) is 4.79 Å². The van der Waals surface area contributed by atoms with Crippen molar-refractivity contribution in [3.05, 3.63) is 41.2 Å². The molecule has 24 heavy (non-hydrogen) atoms. The Balaban J connectivity index is 1.63. The van der Waals surface area contributed by atoms with E-state index in [1.165, 1.54) is 0 Å². The normalized spacial score (nSPS) is 15.6. The first-order valence-corrected chi connectivity index (χ1v) is 8.33. The Hall–Kier alpha value is -2.37. The molecule has 0 spiro atoms. The quantitative estimate of drug-likeness (QED) is 0.867. The zero-order valence-electron chi connectivity index (χ0n) is 14.7. The van der Waals surface area contributed by atoms with Gasteiger partial charge in [0.2, 0.25) is 0 Å². The number of nitrogens with zero attached hydrogens (tertiary/aromatic N) is 4. The summed E-state index contributed by atoms with van der Waals surface area (Å²) < 4.78 is 5.48. The molecule has 0 unspecified atom stereocenters. The molecular formula is C18H24N4O2. The molecule has 0 N–H and O–H groups in total. The first-order valence-electron chi connectivity index (χ1n) is 8.33. The van der Waals surface area contributed by atoms with Gasteiger partial charge in [-0.05, 0) is 39.7 Å². The fourth-order valence-corrected chi connectivity index (χ4v) is 3.29. The molecule has 6 nitrogen and oxygen atoms in total. The summed E-state index contributed by atoms with van der Waals surface area (Å²) in [7, 11) is 2.06. The minimum atomic E-state index is 0.0725. The number of amides is 1. The number of carbonyl (C=O) groups excluding carboxylic acids is 1. The molecule has 1 saturated heterocycles. The maximum absolute atomic E-state index is 12.7. The number of furan rings is 1. The predicted molar refractivity (Wildman–Crippen MR) is 92.3 cm³/mol. The van der Waals surface area contributed by atoms with Gasteiger partial charge in [-0.25, -0.2) is 9.97 Å². The number of carbonyl (C=O) groups is 1. The van der Waals surface area contributed by atoms with Crippen molar-refractivity contribution in [2.24, 2.45) is 0 Å². The highest BCUT2D eigenvalue weighted by Crippen LogP contribution is 2.23. The lowest BCUT2D eigenvalue weighted by atomic mass is 10.0. The molecule has 3 rings (SSSR count). The highest BCUT2D eigenvalue weighted by molar-refractivity contribution is 5.95. The molecule has 1 amide bonds. The highest BCUT2D eigenvalue weighted by Gasteiger charge is 2.28. The fourth-order valence-electron chi connectivity index (χ4n) is 3.29. The maximum atomic E-state index is 12.7. The maximum Gasteiger partial charge on any atom is 0.257 e. The minimum absolute atomic E-state index is 0.0725. The van der Waals surface area contributed by atoms with Crippen molar-refractivity contribution in [2.75, 3.05) is 25.0 Å². The van der Waals surface area contributed by atoms with Crippen LogP contribution in [0.15, 0.2) is 22.9 Å². The Morgan fingerprint density at radius 3 is 2.50 bits per heavy atom. The molecule has 0 aromatic carbocycles. The first-order chi connectivity index (χ1) is 11.5. The van der Waals surface area contributed by atoms with Gasteiger partial charge in [-0.3, -0.25) is 4.79 Å². The van der Waals surface area contributed by atoms with E-state index in [0.717, 1.165) is 43.2 Å². The molecular weight excluding hydrogens is 304 g/mol. The molecule has 2 aromatic heterocycles. The largest absolute Gasteiger partial charge is 0.466 e. The monoisotopic (exact) mass is 328 g/mol. The molecule has 0 saturated carbocycles. The summed E-state index contributed by atoms with van der Waals surface area (Å²) in [5, 5.41) is 0. The second kappa shape index (κ2) is 6.63. The van der Waals surface area contributed by atoms with Crippen LogP contribution in [0.2, 0.25) is 0 Å². The van der Waals surface area contributed by atoms with Gasteiger partial charge < -0.3 is 14.2 Å². The molecule has 0 atom stereocenters. The third-order valence-corrected chi connectivity index (χ3v) is 4.72. The van der Waals surface area contributed by atoms with Crippen LogP contribution in [-0.4, -0.2) is 47.0 Å². The average Bonchev–Trinajstić information content (AvgIpc) is 2.92. The van der Waals surface area contributed by atoms with E-state index < -0.39 is 0 Å². The zero-order valence-corrected chi connectivity index (χ0v) is 14.7. The van der Waals surface area contributed by atoms with Gasteiger partial charge in [0.1, 0.15) is 23.7 Å². The lowest BCUT2D eigenvalue weighted by Crippen LogP contribution is -2.46. The van der Waals surface area contributed by atoms with E-state index in [2.05, 4.69) is 21.9 Å². The van der Waals surface area contributed by atoms with Crippen LogP contribution in [0.4, 0.5) is 5.82 Å². The van der Waals surface area contributed by atoms with Gasteiger partial charge in [0.25, 0.3) is 5.91 Å². The average molecular weight is 328 g/mol. The van der Waals surface area contributed by atoms with Gasteiger partial charge in [0.15, 0.2) is 0 Å². The number of aromatic nitrogens is 2. The van der Waals surface area contributed by atoms with Crippen molar-refractivity contribution >= 4 is 11.7 Å². The topological polar surface area (TPSA) is 62.5 Å². The summed E-state index contributed by atoms with van der Waals surface area (Å²) in [4.78, 5) is 25.3. The number of piperidine rings is 1. The second-order valence-electron chi connectivity index (χ2n) is 6.48. The van der Waals surface area contributed by atoms with Crippen LogP contribution in [-0.2, 0) is 0 Å². The Bertz CT molecular complexity index is 732. The zero-order chi connectivity index (χ0) is 17.3. The number of hydrogen-bond acceptors (Lipinski definition) is 5.